The van der Waals surface area contributed by atoms with Crippen LogP contribution < -0.4 is 19.8 Å². The van der Waals surface area contributed by atoms with E-state index in [1.807, 2.05) is 6.07 Å². The predicted molar refractivity (Wildman–Crippen MR) is 134 cm³/mol. The highest BCUT2D eigenvalue weighted by Crippen LogP contribution is 2.43. The lowest BCUT2D eigenvalue weighted by Crippen LogP contribution is -2.29. The van der Waals surface area contributed by atoms with E-state index < -0.39 is 23.2 Å². The summed E-state index contributed by atoms with van der Waals surface area (Å²) in [6, 6.07) is 15.2. The molecule has 35 heavy (non-hydrogen) atoms. The van der Waals surface area contributed by atoms with Crippen LogP contribution in [0.25, 0.3) is 11.0 Å². The van der Waals surface area contributed by atoms with Crippen LogP contribution in [0.2, 0.25) is 0 Å². The monoisotopic (exact) mass is 535 g/mol. The van der Waals surface area contributed by atoms with Crippen molar-refractivity contribution in [3.8, 4) is 11.5 Å². The maximum absolute atomic E-state index is 14.0. The number of anilines is 1. The molecule has 2 heterocycles. The van der Waals surface area contributed by atoms with Gasteiger partial charge in [0.1, 0.15) is 18.0 Å². The van der Waals surface area contributed by atoms with Crippen LogP contribution in [0.3, 0.4) is 0 Å². The van der Waals surface area contributed by atoms with Crippen molar-refractivity contribution in [1.82, 2.24) is 0 Å². The topological polar surface area (TPSA) is 69.0 Å². The molecule has 176 valence electrons. The molecule has 1 amide bonds. The molecule has 8 heteroatoms. The van der Waals surface area contributed by atoms with Gasteiger partial charge >= 0.3 is 0 Å². The van der Waals surface area contributed by atoms with Gasteiger partial charge in [-0.2, -0.15) is 0 Å². The highest BCUT2D eigenvalue weighted by atomic mass is 79.9. The summed E-state index contributed by atoms with van der Waals surface area (Å²) in [6.07, 6.45) is 1.61. The lowest BCUT2D eigenvalue weighted by atomic mass is 9.97. The molecule has 4 aromatic rings. The van der Waals surface area contributed by atoms with Gasteiger partial charge in [-0.05, 0) is 54.1 Å². The first-order valence-corrected chi connectivity index (χ1v) is 11.5. The third-order valence-electron chi connectivity index (χ3n) is 5.78. The summed E-state index contributed by atoms with van der Waals surface area (Å²) in [5, 5.41) is 0.0653. The summed E-state index contributed by atoms with van der Waals surface area (Å²) < 4.78 is 31.8. The van der Waals surface area contributed by atoms with Gasteiger partial charge in [-0.3, -0.25) is 14.5 Å². The molecule has 6 nitrogen and oxygen atoms in total. The van der Waals surface area contributed by atoms with E-state index in [4.69, 9.17) is 13.9 Å². The van der Waals surface area contributed by atoms with Gasteiger partial charge in [-0.15, -0.1) is 0 Å². The Balaban J connectivity index is 1.77. The highest BCUT2D eigenvalue weighted by Gasteiger charge is 2.44. The summed E-state index contributed by atoms with van der Waals surface area (Å²) >= 11 is 3.45. The van der Waals surface area contributed by atoms with E-state index in [-0.39, 0.29) is 28.9 Å². The van der Waals surface area contributed by atoms with Crippen LogP contribution in [0.15, 0.2) is 87.0 Å². The predicted octanol–water partition coefficient (Wildman–Crippen LogP) is 6.02. The summed E-state index contributed by atoms with van der Waals surface area (Å²) in [5.74, 6) is -0.208. The number of benzene rings is 3. The van der Waals surface area contributed by atoms with Crippen LogP contribution in [0.4, 0.5) is 10.1 Å². The molecule has 1 atom stereocenters. The quantitative estimate of drug-likeness (QED) is 0.282. The molecule has 3 aromatic carbocycles. The highest BCUT2D eigenvalue weighted by molar-refractivity contribution is 9.10. The second kappa shape index (κ2) is 9.03. The Labute approximate surface area is 208 Å². The standard InChI is InChI=1S/C27H19BrFNO5/c1-3-11-34-21-9-7-15(12-22(21)33-2)24-23-25(31)19-14-17(29)8-10-20(19)35-26(23)27(32)30(24)18-6-4-5-16(28)13-18/h3-10,12-14,24H,1,11H2,2H3. The molecule has 0 saturated carbocycles. The van der Waals surface area contributed by atoms with Gasteiger partial charge in [-0.25, -0.2) is 4.39 Å². The molecule has 1 unspecified atom stereocenters. The van der Waals surface area contributed by atoms with Crippen LogP contribution in [0.1, 0.15) is 27.7 Å². The molecule has 0 fully saturated rings. The van der Waals surface area contributed by atoms with Gasteiger partial charge in [-0.1, -0.05) is 40.7 Å². The molecule has 0 radical (unpaired) electrons. The van der Waals surface area contributed by atoms with E-state index in [1.54, 1.807) is 42.5 Å². The first-order chi connectivity index (χ1) is 16.9. The molecule has 0 N–H and O–H groups in total. The summed E-state index contributed by atoms with van der Waals surface area (Å²) in [7, 11) is 1.50. The summed E-state index contributed by atoms with van der Waals surface area (Å²) in [5.41, 5.74) is 0.964. The molecule has 1 aliphatic rings. The average Bonchev–Trinajstić information content (AvgIpc) is 3.15. The van der Waals surface area contributed by atoms with E-state index in [9.17, 15) is 14.0 Å². The van der Waals surface area contributed by atoms with Crippen molar-refractivity contribution in [2.45, 2.75) is 6.04 Å². The van der Waals surface area contributed by atoms with Crippen molar-refractivity contribution in [2.24, 2.45) is 0 Å². The Hall–Kier alpha value is -3.91. The fourth-order valence-electron chi connectivity index (χ4n) is 4.27. The zero-order chi connectivity index (χ0) is 24.7. The molecule has 0 aliphatic carbocycles. The van der Waals surface area contributed by atoms with Gasteiger partial charge in [0.05, 0.1) is 24.1 Å². The fourth-order valence-corrected chi connectivity index (χ4v) is 4.66. The maximum Gasteiger partial charge on any atom is 0.295 e. The fraction of sp³-hybridized carbons (Fsp3) is 0.111. The van der Waals surface area contributed by atoms with Crippen LogP contribution in [-0.2, 0) is 0 Å². The number of nitrogens with zero attached hydrogens (tertiary/aromatic N) is 1. The van der Waals surface area contributed by atoms with E-state index in [0.717, 1.165) is 10.5 Å². The van der Waals surface area contributed by atoms with E-state index in [0.29, 0.717) is 22.7 Å². The lowest BCUT2D eigenvalue weighted by Gasteiger charge is -2.26. The van der Waals surface area contributed by atoms with Crippen LogP contribution in [-0.4, -0.2) is 19.6 Å². The minimum Gasteiger partial charge on any atom is -0.493 e. The van der Waals surface area contributed by atoms with Crippen molar-refractivity contribution in [3.63, 3.8) is 0 Å². The molecule has 0 bridgehead atoms. The second-order valence-corrected chi connectivity index (χ2v) is 8.80. The average molecular weight is 536 g/mol. The normalized spacial score (nSPS) is 14.8. The molecule has 1 aromatic heterocycles. The Morgan fingerprint density at radius 3 is 2.69 bits per heavy atom. The minimum atomic E-state index is -0.835. The Morgan fingerprint density at radius 1 is 1.11 bits per heavy atom. The van der Waals surface area contributed by atoms with E-state index >= 15 is 0 Å². The molecule has 0 spiro atoms. The van der Waals surface area contributed by atoms with Crippen molar-refractivity contribution < 1.29 is 23.1 Å². The van der Waals surface area contributed by atoms with Gasteiger partial charge in [0, 0.05) is 10.2 Å². The minimum absolute atomic E-state index is 0.0653. The van der Waals surface area contributed by atoms with E-state index in [1.165, 1.54) is 24.1 Å². The third-order valence-corrected chi connectivity index (χ3v) is 6.27. The number of rotatable bonds is 6. The Bertz CT molecular complexity index is 1550. The van der Waals surface area contributed by atoms with Gasteiger partial charge in [0.25, 0.3) is 5.91 Å². The maximum atomic E-state index is 14.0. The van der Waals surface area contributed by atoms with Crippen molar-refractivity contribution in [3.05, 3.63) is 111 Å². The van der Waals surface area contributed by atoms with Crippen molar-refractivity contribution in [2.75, 3.05) is 18.6 Å². The van der Waals surface area contributed by atoms with Crippen LogP contribution in [0, 0.1) is 5.82 Å². The molecule has 0 saturated heterocycles. The van der Waals surface area contributed by atoms with Gasteiger partial charge in [0.2, 0.25) is 5.76 Å². The number of ether oxygens (including phenoxy) is 2. The summed E-state index contributed by atoms with van der Waals surface area (Å²) in [6.45, 7) is 3.93. The number of fused-ring (bicyclic) bond motifs is 2. The molecule has 5 rings (SSSR count). The molecular weight excluding hydrogens is 517 g/mol. The van der Waals surface area contributed by atoms with E-state index in [2.05, 4.69) is 22.5 Å². The van der Waals surface area contributed by atoms with Crippen molar-refractivity contribution >= 4 is 38.5 Å². The number of carbonyl (C=O) groups is 1. The lowest BCUT2D eigenvalue weighted by molar-refractivity contribution is 0.0971. The van der Waals surface area contributed by atoms with Gasteiger partial charge in [0.15, 0.2) is 16.9 Å². The zero-order valence-corrected chi connectivity index (χ0v) is 20.2. The number of amides is 1. The third kappa shape index (κ3) is 3.89. The second-order valence-electron chi connectivity index (χ2n) is 7.88. The largest absolute Gasteiger partial charge is 0.493 e. The molecular formula is C27H19BrFNO5. The Kier molecular flexibility index (Phi) is 5.90. The first-order valence-electron chi connectivity index (χ1n) is 10.7. The SMILES string of the molecule is C=CCOc1ccc(C2c3c(oc4ccc(F)cc4c3=O)C(=O)N2c2cccc(Br)c2)cc1OC. The number of hydrogen-bond acceptors (Lipinski definition) is 5. The van der Waals surface area contributed by atoms with Crippen LogP contribution in [0.5, 0.6) is 11.5 Å². The van der Waals surface area contributed by atoms with Crippen molar-refractivity contribution in [1.29, 1.82) is 0 Å². The number of hydrogen-bond donors (Lipinski definition) is 0. The first kappa shape index (κ1) is 22.9. The van der Waals surface area contributed by atoms with Crippen LogP contribution >= 0.6 is 15.9 Å². The molecule has 1 aliphatic heterocycles. The summed E-state index contributed by atoms with van der Waals surface area (Å²) in [4.78, 5) is 28.8. The zero-order valence-electron chi connectivity index (χ0n) is 18.6. The Morgan fingerprint density at radius 2 is 1.94 bits per heavy atom. The number of carbonyl (C=O) groups excluding carboxylic acids is 1. The number of methoxy groups -OCH3 is 1. The van der Waals surface area contributed by atoms with Gasteiger partial charge < -0.3 is 13.9 Å². The number of halogens is 2. The smallest absolute Gasteiger partial charge is 0.295 e.